The largest absolute Gasteiger partial charge is 0.478 e. The van der Waals surface area contributed by atoms with Crippen molar-refractivity contribution in [1.82, 2.24) is 0 Å². The molecule has 3 aromatic rings. The second-order valence-electron chi connectivity index (χ2n) is 9.51. The fourth-order valence-electron chi connectivity index (χ4n) is 3.64. The SMILES string of the molecule is C=C(Nc1ccc(C(=O)O)cc1NCCC)c1ccc(OC(C)=O)cc1.CCC(C)C(=O)c1ccc(OC(C)=O)cc1. The van der Waals surface area contributed by atoms with Gasteiger partial charge in [0, 0.05) is 37.6 Å². The number of ether oxygens (including phenoxy) is 2. The second-order valence-corrected chi connectivity index (χ2v) is 9.51. The van der Waals surface area contributed by atoms with Crippen molar-refractivity contribution in [3.8, 4) is 11.5 Å². The summed E-state index contributed by atoms with van der Waals surface area (Å²) < 4.78 is 9.90. The van der Waals surface area contributed by atoms with E-state index in [0.717, 1.165) is 30.6 Å². The van der Waals surface area contributed by atoms with E-state index in [1.54, 1.807) is 66.7 Å². The Morgan fingerprint density at radius 1 is 0.786 bits per heavy atom. The average molecular weight is 575 g/mol. The number of carboxylic acid groups (broad SMARTS) is 1. The molecule has 1 unspecified atom stereocenters. The highest BCUT2D eigenvalue weighted by molar-refractivity contribution is 5.97. The first kappa shape index (κ1) is 33.3. The van der Waals surface area contributed by atoms with E-state index < -0.39 is 5.97 Å². The first-order valence-corrected chi connectivity index (χ1v) is 13.6. The highest BCUT2D eigenvalue weighted by Crippen LogP contribution is 2.28. The zero-order valence-electron chi connectivity index (χ0n) is 24.7. The highest BCUT2D eigenvalue weighted by Gasteiger charge is 2.13. The molecule has 0 saturated carbocycles. The predicted octanol–water partition coefficient (Wildman–Crippen LogP) is 7.06. The molecule has 3 rings (SSSR count). The summed E-state index contributed by atoms with van der Waals surface area (Å²) in [6, 6.07) is 18.4. The van der Waals surface area contributed by atoms with Gasteiger partial charge in [-0.3, -0.25) is 14.4 Å². The fourth-order valence-corrected chi connectivity index (χ4v) is 3.64. The number of nitrogens with one attached hydrogen (secondary N) is 2. The summed E-state index contributed by atoms with van der Waals surface area (Å²) in [5.74, 6) is -0.633. The maximum atomic E-state index is 11.8. The summed E-state index contributed by atoms with van der Waals surface area (Å²) in [4.78, 5) is 44.7. The number of hydrogen-bond acceptors (Lipinski definition) is 8. The fraction of sp³-hybridized carbons (Fsp3) is 0.273. The Labute approximate surface area is 246 Å². The molecule has 9 nitrogen and oxygen atoms in total. The zero-order chi connectivity index (χ0) is 31.2. The predicted molar refractivity (Wildman–Crippen MR) is 164 cm³/mol. The monoisotopic (exact) mass is 574 g/mol. The van der Waals surface area contributed by atoms with Crippen LogP contribution in [0, 0.1) is 5.92 Å². The molecule has 0 saturated heterocycles. The maximum absolute atomic E-state index is 11.8. The number of esters is 2. The van der Waals surface area contributed by atoms with E-state index in [2.05, 4.69) is 17.2 Å². The molecule has 0 amide bonds. The lowest BCUT2D eigenvalue weighted by atomic mass is 9.97. The van der Waals surface area contributed by atoms with Gasteiger partial charge in [0.1, 0.15) is 11.5 Å². The van der Waals surface area contributed by atoms with Gasteiger partial charge in [-0.2, -0.15) is 0 Å². The van der Waals surface area contributed by atoms with E-state index in [1.165, 1.54) is 13.8 Å². The van der Waals surface area contributed by atoms with Crippen molar-refractivity contribution in [2.24, 2.45) is 5.92 Å². The molecular weight excluding hydrogens is 536 g/mol. The van der Waals surface area contributed by atoms with Gasteiger partial charge in [-0.05, 0) is 85.1 Å². The van der Waals surface area contributed by atoms with Crippen LogP contribution >= 0.6 is 0 Å². The number of Topliss-reactive ketones (excluding diaryl/α,β-unsaturated/α-hetero) is 1. The number of carbonyl (C=O) groups is 4. The minimum atomic E-state index is -0.976. The third-order valence-corrected chi connectivity index (χ3v) is 6.04. The standard InChI is InChI=1S/C20H22N2O4.C13H16O3/c1-4-11-21-19-12-16(20(24)25)7-10-18(19)22-13(2)15-5-8-17(9-6-15)26-14(3)23;1-4-9(2)13(15)11-5-7-12(8-6-11)16-10(3)14/h5-10,12,21-22H,2,4,11H2,1,3H3,(H,24,25);5-9H,4H2,1-3H3. The molecule has 222 valence electrons. The Kier molecular flexibility index (Phi) is 13.0. The molecule has 0 aliphatic heterocycles. The molecule has 0 aliphatic rings. The van der Waals surface area contributed by atoms with Crippen LogP contribution in [0.2, 0.25) is 0 Å². The quantitative estimate of drug-likeness (QED) is 0.118. The first-order chi connectivity index (χ1) is 19.9. The Morgan fingerprint density at radius 2 is 1.29 bits per heavy atom. The van der Waals surface area contributed by atoms with Crippen LogP contribution in [0.3, 0.4) is 0 Å². The Balaban J connectivity index is 0.000000330. The van der Waals surface area contributed by atoms with E-state index in [4.69, 9.17) is 9.47 Å². The van der Waals surface area contributed by atoms with Gasteiger partial charge in [-0.15, -0.1) is 0 Å². The summed E-state index contributed by atoms with van der Waals surface area (Å²) >= 11 is 0. The minimum absolute atomic E-state index is 0.0274. The van der Waals surface area contributed by atoms with Crippen molar-refractivity contribution in [2.45, 2.75) is 47.5 Å². The van der Waals surface area contributed by atoms with Gasteiger partial charge >= 0.3 is 17.9 Å². The van der Waals surface area contributed by atoms with Crippen molar-refractivity contribution < 1.29 is 33.8 Å². The topological polar surface area (TPSA) is 131 Å². The lowest BCUT2D eigenvalue weighted by molar-refractivity contribution is -0.132. The third-order valence-electron chi connectivity index (χ3n) is 6.04. The normalized spacial score (nSPS) is 10.8. The van der Waals surface area contributed by atoms with E-state index in [-0.39, 0.29) is 29.2 Å². The number of ketones is 1. The van der Waals surface area contributed by atoms with Crippen LogP contribution in [-0.4, -0.2) is 35.3 Å². The molecule has 0 bridgehead atoms. The van der Waals surface area contributed by atoms with Gasteiger partial charge in [0.05, 0.1) is 16.9 Å². The number of hydrogen-bond donors (Lipinski definition) is 3. The van der Waals surface area contributed by atoms with Gasteiger partial charge in [-0.25, -0.2) is 4.79 Å². The zero-order valence-corrected chi connectivity index (χ0v) is 24.7. The molecule has 42 heavy (non-hydrogen) atoms. The van der Waals surface area contributed by atoms with Crippen LogP contribution in [0.5, 0.6) is 11.5 Å². The lowest BCUT2D eigenvalue weighted by Crippen LogP contribution is -2.10. The summed E-state index contributed by atoms with van der Waals surface area (Å²) in [7, 11) is 0. The molecule has 0 aromatic heterocycles. The van der Waals surface area contributed by atoms with Crippen molar-refractivity contribution in [2.75, 3.05) is 17.2 Å². The van der Waals surface area contributed by atoms with E-state index in [9.17, 15) is 24.3 Å². The lowest BCUT2D eigenvalue weighted by Gasteiger charge is -2.16. The van der Waals surface area contributed by atoms with E-state index >= 15 is 0 Å². The smallest absolute Gasteiger partial charge is 0.335 e. The van der Waals surface area contributed by atoms with Crippen molar-refractivity contribution in [3.63, 3.8) is 0 Å². The molecule has 0 heterocycles. The third kappa shape index (κ3) is 10.6. The van der Waals surface area contributed by atoms with Crippen LogP contribution in [0.1, 0.15) is 73.7 Å². The number of aromatic carboxylic acids is 1. The molecule has 0 fully saturated rings. The molecule has 0 aliphatic carbocycles. The Hall–Kier alpha value is -4.92. The molecule has 0 spiro atoms. The summed E-state index contributed by atoms with van der Waals surface area (Å²) in [5, 5.41) is 15.6. The average Bonchev–Trinajstić information content (AvgIpc) is 2.96. The van der Waals surface area contributed by atoms with Crippen molar-refractivity contribution in [3.05, 3.63) is 90.0 Å². The first-order valence-electron chi connectivity index (χ1n) is 13.6. The maximum Gasteiger partial charge on any atom is 0.335 e. The van der Waals surface area contributed by atoms with E-state index in [1.807, 2.05) is 20.8 Å². The summed E-state index contributed by atoms with van der Waals surface area (Å²) in [5.41, 5.74) is 3.77. The van der Waals surface area contributed by atoms with Crippen LogP contribution in [0.4, 0.5) is 11.4 Å². The number of rotatable bonds is 12. The molecular formula is C33H38N2O7. The van der Waals surface area contributed by atoms with Crippen LogP contribution in [0.15, 0.2) is 73.3 Å². The van der Waals surface area contributed by atoms with E-state index in [0.29, 0.717) is 28.4 Å². The minimum Gasteiger partial charge on any atom is -0.478 e. The Morgan fingerprint density at radius 3 is 1.74 bits per heavy atom. The molecule has 9 heteroatoms. The highest BCUT2D eigenvalue weighted by atomic mass is 16.5. The van der Waals surface area contributed by atoms with Gasteiger partial charge in [-0.1, -0.05) is 27.4 Å². The van der Waals surface area contributed by atoms with Crippen LogP contribution < -0.4 is 20.1 Å². The number of benzene rings is 3. The van der Waals surface area contributed by atoms with Gasteiger partial charge < -0.3 is 25.2 Å². The van der Waals surface area contributed by atoms with Gasteiger partial charge in [0.2, 0.25) is 0 Å². The number of carboxylic acids is 1. The molecule has 0 radical (unpaired) electrons. The Bertz CT molecular complexity index is 1400. The van der Waals surface area contributed by atoms with Gasteiger partial charge in [0.25, 0.3) is 0 Å². The summed E-state index contributed by atoms with van der Waals surface area (Å²) in [6.07, 6.45) is 1.74. The number of anilines is 2. The van der Waals surface area contributed by atoms with Crippen molar-refractivity contribution >= 4 is 40.8 Å². The second kappa shape index (κ2) is 16.4. The van der Waals surface area contributed by atoms with Gasteiger partial charge in [0.15, 0.2) is 5.78 Å². The molecule has 1 atom stereocenters. The summed E-state index contributed by atoms with van der Waals surface area (Å²) in [6.45, 7) is 13.4. The van der Waals surface area contributed by atoms with Crippen molar-refractivity contribution in [1.29, 1.82) is 0 Å². The number of carbonyl (C=O) groups excluding carboxylic acids is 3. The molecule has 3 N–H and O–H groups in total. The molecule has 3 aromatic carbocycles. The van der Waals surface area contributed by atoms with Crippen LogP contribution in [0.25, 0.3) is 5.70 Å². The van der Waals surface area contributed by atoms with Crippen LogP contribution in [-0.2, 0) is 9.59 Å².